The lowest BCUT2D eigenvalue weighted by Crippen LogP contribution is -2.38. The minimum Gasteiger partial charge on any atom is -0.502 e. The normalized spacial score (nSPS) is 22.9. The van der Waals surface area contributed by atoms with Crippen LogP contribution >= 0.6 is 0 Å². The third-order valence-corrected chi connectivity index (χ3v) is 3.96. The Hall–Kier alpha value is -1.28. The summed E-state index contributed by atoms with van der Waals surface area (Å²) in [4.78, 5) is 0. The van der Waals surface area contributed by atoms with Crippen molar-refractivity contribution in [1.29, 1.82) is 0 Å². The van der Waals surface area contributed by atoms with E-state index in [0.717, 1.165) is 19.6 Å². The van der Waals surface area contributed by atoms with Crippen LogP contribution in [-0.4, -0.2) is 19.2 Å². The molecule has 104 valence electrons. The molecular formula is C17H25NO. The predicted molar refractivity (Wildman–Crippen MR) is 80.2 cm³/mol. The zero-order chi connectivity index (χ0) is 13.3. The summed E-state index contributed by atoms with van der Waals surface area (Å²) in [5, 5.41) is 3.71. The molecule has 1 N–H and O–H groups in total. The molecule has 1 aliphatic carbocycles. The second kappa shape index (κ2) is 8.00. The van der Waals surface area contributed by atoms with Gasteiger partial charge in [-0.2, -0.15) is 0 Å². The highest BCUT2D eigenvalue weighted by Gasteiger charge is 2.25. The number of hydrogen-bond acceptors (Lipinski definition) is 2. The zero-order valence-electron chi connectivity index (χ0n) is 11.7. The molecule has 0 bridgehead atoms. The molecule has 0 radical (unpaired) electrons. The van der Waals surface area contributed by atoms with E-state index in [2.05, 4.69) is 42.2 Å². The lowest BCUT2D eigenvalue weighted by Gasteiger charge is -2.32. The maximum atomic E-state index is 5.16. The summed E-state index contributed by atoms with van der Waals surface area (Å²) in [6, 6.07) is 11.6. The maximum Gasteiger partial charge on any atom is 0.0885 e. The van der Waals surface area contributed by atoms with Gasteiger partial charge in [-0.15, -0.1) is 0 Å². The van der Waals surface area contributed by atoms with Gasteiger partial charge in [0.15, 0.2) is 0 Å². The van der Waals surface area contributed by atoms with Crippen LogP contribution in [0.15, 0.2) is 43.2 Å². The average Bonchev–Trinajstić information content (AvgIpc) is 2.48. The molecule has 2 atom stereocenters. The van der Waals surface area contributed by atoms with Crippen LogP contribution in [0.2, 0.25) is 0 Å². The summed E-state index contributed by atoms with van der Waals surface area (Å²) >= 11 is 0. The minimum absolute atomic E-state index is 0.625. The van der Waals surface area contributed by atoms with E-state index in [-0.39, 0.29) is 0 Å². The van der Waals surface area contributed by atoms with Crippen molar-refractivity contribution in [2.45, 2.75) is 44.1 Å². The van der Waals surface area contributed by atoms with Crippen LogP contribution in [0.3, 0.4) is 0 Å². The van der Waals surface area contributed by atoms with E-state index < -0.39 is 0 Å². The summed E-state index contributed by atoms with van der Waals surface area (Å²) < 4.78 is 5.16. The van der Waals surface area contributed by atoms with Gasteiger partial charge in [0.1, 0.15) is 0 Å². The SMILES string of the molecule is C=COCCCNC1CCCCC1c1ccccc1. The predicted octanol–water partition coefficient (Wildman–Crippen LogP) is 3.85. The van der Waals surface area contributed by atoms with Crippen LogP contribution in [0.4, 0.5) is 0 Å². The summed E-state index contributed by atoms with van der Waals surface area (Å²) in [6.07, 6.45) is 7.88. The first-order valence-corrected chi connectivity index (χ1v) is 7.42. The highest BCUT2D eigenvalue weighted by Crippen LogP contribution is 2.32. The Morgan fingerprint density at radius 3 is 2.79 bits per heavy atom. The van der Waals surface area contributed by atoms with Crippen LogP contribution < -0.4 is 5.32 Å². The molecule has 0 aliphatic heterocycles. The van der Waals surface area contributed by atoms with Crippen molar-refractivity contribution in [2.24, 2.45) is 0 Å². The van der Waals surface area contributed by atoms with Gasteiger partial charge in [-0.05, 0) is 37.3 Å². The van der Waals surface area contributed by atoms with Crippen molar-refractivity contribution in [3.8, 4) is 0 Å². The van der Waals surface area contributed by atoms with Gasteiger partial charge in [0, 0.05) is 6.04 Å². The maximum absolute atomic E-state index is 5.16. The Morgan fingerprint density at radius 2 is 2.00 bits per heavy atom. The average molecular weight is 259 g/mol. The van der Waals surface area contributed by atoms with Crippen LogP contribution in [0, 0.1) is 0 Å². The molecule has 1 saturated carbocycles. The number of nitrogens with one attached hydrogen (secondary N) is 1. The highest BCUT2D eigenvalue weighted by molar-refractivity contribution is 5.21. The van der Waals surface area contributed by atoms with Crippen LogP contribution in [0.1, 0.15) is 43.6 Å². The smallest absolute Gasteiger partial charge is 0.0885 e. The van der Waals surface area contributed by atoms with Crippen molar-refractivity contribution in [3.05, 3.63) is 48.7 Å². The van der Waals surface area contributed by atoms with E-state index in [9.17, 15) is 0 Å². The van der Waals surface area contributed by atoms with Gasteiger partial charge < -0.3 is 10.1 Å². The van der Waals surface area contributed by atoms with Gasteiger partial charge in [0.2, 0.25) is 0 Å². The fourth-order valence-corrected chi connectivity index (χ4v) is 3.00. The van der Waals surface area contributed by atoms with Gasteiger partial charge in [-0.1, -0.05) is 49.8 Å². The second-order valence-electron chi connectivity index (χ2n) is 5.25. The van der Waals surface area contributed by atoms with Crippen molar-refractivity contribution in [2.75, 3.05) is 13.2 Å². The Balaban J connectivity index is 1.84. The zero-order valence-corrected chi connectivity index (χ0v) is 11.7. The van der Waals surface area contributed by atoms with E-state index in [1.54, 1.807) is 0 Å². The summed E-state index contributed by atoms with van der Waals surface area (Å²) in [7, 11) is 0. The first kappa shape index (κ1) is 14.1. The van der Waals surface area contributed by atoms with E-state index in [1.807, 2.05) is 0 Å². The first-order valence-electron chi connectivity index (χ1n) is 7.42. The van der Waals surface area contributed by atoms with E-state index in [1.165, 1.54) is 37.5 Å². The fraction of sp³-hybridized carbons (Fsp3) is 0.529. The van der Waals surface area contributed by atoms with Gasteiger partial charge in [-0.25, -0.2) is 0 Å². The molecular weight excluding hydrogens is 234 g/mol. The van der Waals surface area contributed by atoms with Gasteiger partial charge >= 0.3 is 0 Å². The van der Waals surface area contributed by atoms with Crippen molar-refractivity contribution in [1.82, 2.24) is 5.32 Å². The molecule has 0 heterocycles. The standard InChI is InChI=1S/C17H25NO/c1-2-19-14-8-13-18-17-12-7-6-11-16(17)15-9-4-3-5-10-15/h2-5,9-10,16-18H,1,6-8,11-14H2. The minimum atomic E-state index is 0.625. The topological polar surface area (TPSA) is 21.3 Å². The van der Waals surface area contributed by atoms with Gasteiger partial charge in [-0.3, -0.25) is 0 Å². The Bertz CT molecular complexity index is 363. The molecule has 0 amide bonds. The summed E-state index contributed by atoms with van der Waals surface area (Å²) in [5.41, 5.74) is 1.49. The molecule has 2 nitrogen and oxygen atoms in total. The lowest BCUT2D eigenvalue weighted by molar-refractivity contribution is 0.237. The second-order valence-corrected chi connectivity index (χ2v) is 5.25. The third kappa shape index (κ3) is 4.39. The first-order chi connectivity index (χ1) is 9.42. The van der Waals surface area contributed by atoms with Gasteiger partial charge in [0.05, 0.1) is 12.9 Å². The number of hydrogen-bond donors (Lipinski definition) is 1. The molecule has 1 fully saturated rings. The van der Waals surface area contributed by atoms with E-state index >= 15 is 0 Å². The van der Waals surface area contributed by atoms with Crippen molar-refractivity contribution < 1.29 is 4.74 Å². The van der Waals surface area contributed by atoms with Crippen LogP contribution in [0.5, 0.6) is 0 Å². The summed E-state index contributed by atoms with van der Waals surface area (Å²) in [6.45, 7) is 5.35. The number of rotatable bonds is 7. The monoisotopic (exact) mass is 259 g/mol. The van der Waals surface area contributed by atoms with Crippen LogP contribution in [-0.2, 0) is 4.74 Å². The molecule has 19 heavy (non-hydrogen) atoms. The molecule has 0 aromatic heterocycles. The van der Waals surface area contributed by atoms with Crippen molar-refractivity contribution in [3.63, 3.8) is 0 Å². The Morgan fingerprint density at radius 1 is 1.21 bits per heavy atom. The molecule has 0 saturated heterocycles. The molecule has 2 heteroatoms. The van der Waals surface area contributed by atoms with Crippen LogP contribution in [0.25, 0.3) is 0 Å². The molecule has 1 aromatic rings. The number of benzene rings is 1. The van der Waals surface area contributed by atoms with E-state index in [4.69, 9.17) is 4.74 Å². The Kier molecular flexibility index (Phi) is 5.96. The quantitative estimate of drug-likeness (QED) is 0.593. The largest absolute Gasteiger partial charge is 0.502 e. The van der Waals surface area contributed by atoms with Crippen molar-refractivity contribution >= 4 is 0 Å². The lowest BCUT2D eigenvalue weighted by atomic mass is 9.80. The third-order valence-electron chi connectivity index (χ3n) is 3.96. The summed E-state index contributed by atoms with van der Waals surface area (Å²) in [5.74, 6) is 0.676. The van der Waals surface area contributed by atoms with E-state index in [0.29, 0.717) is 12.0 Å². The molecule has 0 spiro atoms. The molecule has 1 aromatic carbocycles. The molecule has 2 unspecified atom stereocenters. The fourth-order valence-electron chi connectivity index (χ4n) is 3.00. The Labute approximate surface area is 116 Å². The van der Waals surface area contributed by atoms with Gasteiger partial charge in [0.25, 0.3) is 0 Å². The highest BCUT2D eigenvalue weighted by atomic mass is 16.5. The molecule has 2 rings (SSSR count). The molecule has 1 aliphatic rings. The number of ether oxygens (including phenoxy) is 1.